The zero-order valence-corrected chi connectivity index (χ0v) is 108. The van der Waals surface area contributed by atoms with Crippen molar-refractivity contribution in [2.45, 2.75) is 163 Å². The largest absolute Gasteiger partial charge is 0.358 e. The van der Waals surface area contributed by atoms with Crippen molar-refractivity contribution in [1.82, 2.24) is 0 Å². The molecule has 0 N–H and O–H groups in total. The first kappa shape index (κ1) is 1250. The maximum Gasteiger partial charge on any atom is 0 e. The van der Waals surface area contributed by atoms with Gasteiger partial charge in [0.05, 0.1) is 0 Å². The van der Waals surface area contributed by atoms with Gasteiger partial charge in [0.2, 0.25) is 0 Å². The fourth-order valence-corrected chi connectivity index (χ4v) is 0. The summed E-state index contributed by atoms with van der Waals surface area (Å²) in [6.07, 6.45) is 0. The van der Waals surface area contributed by atoms with Crippen molar-refractivity contribution in [2.24, 2.45) is 0 Å². The van der Waals surface area contributed by atoms with Crippen molar-refractivity contribution in [3.05, 3.63) is 141 Å². The van der Waals surface area contributed by atoms with Crippen LogP contribution in [0.1, 0.15) is 163 Å². The Labute approximate surface area is 871 Å². The van der Waals surface area contributed by atoms with Crippen LogP contribution in [0.5, 0.6) is 0 Å². The van der Waals surface area contributed by atoms with Gasteiger partial charge in [-0.3, -0.25) is 0 Å². The van der Waals surface area contributed by atoms with Crippen LogP contribution in [0.2, 0.25) is 0 Å². The SMILES string of the molecule is C.C.C.C.C.C.C.C.C.C.C.C.C.C.C.C.C.C.C.C.C.C.[CH3-].[CH3-].[CH3-].[CH3-].[CH3-].[CH3-].[CH3-].[CH3-].[CH3-].[CH3-].[CH3-].[CH3-].[CH3-].[CH3-].[CH3-].[CH3-].[CH3-].[CH3-].[CH3-].[U].[U].[U].[U].[U].[U].[U].[U].[U].[U].[U].[U].[U].[U].[U].[U].[U].[U].[U]. The van der Waals surface area contributed by atoms with Crippen molar-refractivity contribution in [1.29, 1.82) is 0 Å². The second kappa shape index (κ2) is 1200. The van der Waals surface area contributed by atoms with Crippen LogP contribution in [-0.4, -0.2) is 0 Å². The molecule has 0 amide bonds. The van der Waals surface area contributed by atoms with Crippen LogP contribution in [0.4, 0.5) is 0 Å². The molecule has 0 fully saturated rings. The summed E-state index contributed by atoms with van der Waals surface area (Å²) in [5, 5.41) is 0. The summed E-state index contributed by atoms with van der Waals surface area (Å²) in [6, 6.07) is 0. The maximum atomic E-state index is 0. The molecule has 0 aliphatic heterocycles. The number of rotatable bonds is 0. The van der Waals surface area contributed by atoms with Crippen molar-refractivity contribution < 1.29 is 591 Å². The summed E-state index contributed by atoms with van der Waals surface area (Å²) in [4.78, 5) is 0. The third kappa shape index (κ3) is 1160. The molecule has 0 aromatic heterocycles. The summed E-state index contributed by atoms with van der Waals surface area (Å²) >= 11 is 0. The first-order valence-corrected chi connectivity index (χ1v) is 0. The second-order valence-corrected chi connectivity index (χ2v) is 0. The van der Waals surface area contributed by atoms with E-state index in [0.29, 0.717) is 0 Å². The summed E-state index contributed by atoms with van der Waals surface area (Å²) in [5.41, 5.74) is 0. The van der Waals surface area contributed by atoms with Gasteiger partial charge in [-0.1, -0.05) is 163 Å². The Bertz CT molecular complexity index is 54.0. The molecule has 0 bridgehead atoms. The van der Waals surface area contributed by atoms with Gasteiger partial charge >= 0.3 is 0 Å². The van der Waals surface area contributed by atoms with Crippen LogP contribution in [0.15, 0.2) is 0 Å². The molecule has 0 atom stereocenters. The van der Waals surface area contributed by atoms with Gasteiger partial charge in [0.25, 0.3) is 0 Å². The Morgan fingerprint density at radius 3 is 0.0500 bits per heavy atom. The zero-order valence-electron chi connectivity index (χ0n) is 28.5. The fraction of sp³-hybridized carbons (Fsp3) is 0.537. The van der Waals surface area contributed by atoms with E-state index in [2.05, 4.69) is 0 Å². The normalized spacial score (nSPS) is 0. The van der Waals surface area contributed by atoms with Gasteiger partial charge in [-0.05, 0) is 0 Å². The average Bonchev–Trinajstić information content (AvgIpc) is 0. The standard InChI is InChI=1S/22CH4.19CH3.19U/h22*1H4;19*1H3;;;;;;;;;;;;;;;;;;;/q;;;;;;;;;;;;;;;;;;;;;;19*-1;;;;;;;;;;;;;;;;;;;. The Morgan fingerprint density at radius 1 is 0.0500 bits per heavy atom. The Kier molecular flexibility index (Phi) is 25000. The molecule has 0 unspecified atom stereocenters. The predicted octanol–water partition coefficient (Wildman–Crippen LogP) is 22.5. The monoisotopic (exact) mass is 5160 g/mol. The van der Waals surface area contributed by atoms with Gasteiger partial charge < -0.3 is 141 Å². The molecule has 0 heterocycles. The molecule has 0 rings (SSSR count). The summed E-state index contributed by atoms with van der Waals surface area (Å²) in [5.74, 6) is 0. The third-order valence-corrected chi connectivity index (χ3v) is 0. The van der Waals surface area contributed by atoms with E-state index in [1.54, 1.807) is 0 Å². The smallest absolute Gasteiger partial charge is 0 e. The summed E-state index contributed by atoms with van der Waals surface area (Å²) < 4.78 is 0. The van der Waals surface area contributed by atoms with Gasteiger partial charge in [-0.15, -0.1) is 0 Å². The van der Waals surface area contributed by atoms with Gasteiger partial charge in [0.1, 0.15) is 0 Å². The van der Waals surface area contributed by atoms with Gasteiger partial charge in [0, 0.05) is 591 Å². The first-order chi connectivity index (χ1) is 0. The first-order valence-electron chi connectivity index (χ1n) is 0. The van der Waals surface area contributed by atoms with E-state index >= 15 is 0 Å². The molecule has 404 valence electrons. The van der Waals surface area contributed by atoms with Gasteiger partial charge in [0.15, 0.2) is 0 Å². The van der Waals surface area contributed by atoms with E-state index in [0.717, 1.165) is 0 Å². The minimum atomic E-state index is 0. The molecule has 0 saturated heterocycles. The van der Waals surface area contributed by atoms with E-state index in [9.17, 15) is 0 Å². The molecule has 0 aliphatic rings. The van der Waals surface area contributed by atoms with Crippen LogP contribution < -0.4 is 0 Å². The van der Waals surface area contributed by atoms with Crippen LogP contribution in [0.25, 0.3) is 0 Å². The van der Waals surface area contributed by atoms with Crippen LogP contribution in [-0.2, 0) is 0 Å². The Morgan fingerprint density at radius 2 is 0.0500 bits per heavy atom. The Hall–Kier alpha value is 20.0. The van der Waals surface area contributed by atoms with Crippen LogP contribution >= 0.6 is 0 Å². The van der Waals surface area contributed by atoms with Crippen LogP contribution in [0, 0.1) is 732 Å². The molecule has 0 nitrogen and oxygen atoms in total. The molecule has 0 radical (unpaired) electrons. The van der Waals surface area contributed by atoms with Crippen molar-refractivity contribution in [2.75, 3.05) is 0 Å². The minimum Gasteiger partial charge on any atom is -0.358 e. The molecule has 19 heteroatoms. The third-order valence-electron chi connectivity index (χ3n) is 0. The van der Waals surface area contributed by atoms with Crippen molar-refractivity contribution in [3.63, 3.8) is 0 Å². The van der Waals surface area contributed by atoms with E-state index in [-0.39, 0.29) is 896 Å². The fourth-order valence-electron chi connectivity index (χ4n) is 0. The predicted molar refractivity (Wildman–Crippen MR) is 270 cm³/mol. The molecular formula is C41H145U19-19. The number of hydrogen-bond donors (Lipinski definition) is 0. The molecule has 0 aromatic rings. The average molecular weight is 5160 g/mol. The Balaban J connectivity index is 0. The maximum absolute atomic E-state index is 0. The zero-order chi connectivity index (χ0) is 0. The summed E-state index contributed by atoms with van der Waals surface area (Å²) in [7, 11) is 0. The molecule has 0 spiro atoms. The van der Waals surface area contributed by atoms with Crippen molar-refractivity contribution in [3.8, 4) is 0 Å². The molecule has 60 heavy (non-hydrogen) atoms. The van der Waals surface area contributed by atoms with E-state index < -0.39 is 0 Å². The molecular weight excluding hydrogens is 5020 g/mol. The summed E-state index contributed by atoms with van der Waals surface area (Å²) in [6.45, 7) is 0. The molecule has 0 saturated carbocycles. The quantitative estimate of drug-likeness (QED) is 0.212. The van der Waals surface area contributed by atoms with E-state index in [4.69, 9.17) is 0 Å². The molecule has 0 aromatic carbocycles. The van der Waals surface area contributed by atoms with Crippen LogP contribution in [0.3, 0.4) is 0 Å². The van der Waals surface area contributed by atoms with E-state index in [1.165, 1.54) is 0 Å². The second-order valence-electron chi connectivity index (χ2n) is 0. The topological polar surface area (TPSA) is 0 Å². The van der Waals surface area contributed by atoms with Gasteiger partial charge in [-0.25, -0.2) is 0 Å². The minimum absolute atomic E-state index is 0. The van der Waals surface area contributed by atoms with E-state index in [1.807, 2.05) is 0 Å². The molecule has 0 aliphatic carbocycles. The van der Waals surface area contributed by atoms with Crippen molar-refractivity contribution >= 4 is 0 Å². The number of hydrogen-bond acceptors (Lipinski definition) is 0. The van der Waals surface area contributed by atoms with Gasteiger partial charge in [-0.2, -0.15) is 0 Å².